The third-order valence-corrected chi connectivity index (χ3v) is 4.72. The van der Waals surface area contributed by atoms with Crippen LogP contribution >= 0.6 is 0 Å². The van der Waals surface area contributed by atoms with Gasteiger partial charge in [-0.15, -0.1) is 0 Å². The van der Waals surface area contributed by atoms with E-state index in [1.165, 1.54) is 77.0 Å². The molecule has 0 amide bonds. The van der Waals surface area contributed by atoms with Crippen molar-refractivity contribution in [2.45, 2.75) is 109 Å². The molecule has 1 fully saturated rings. The molecule has 0 aromatic rings. The molecule has 0 bridgehead atoms. The van der Waals surface area contributed by atoms with E-state index in [1.807, 2.05) is 0 Å². The summed E-state index contributed by atoms with van der Waals surface area (Å²) in [4.78, 5) is 0. The summed E-state index contributed by atoms with van der Waals surface area (Å²) >= 11 is 0. The van der Waals surface area contributed by atoms with E-state index in [2.05, 4.69) is 19.1 Å². The standard InChI is InChI=1S/C21H40O3/c1-2-3-4-5-6-7-8-9-10-11-12-13-14-15-16-17-21-23-19-20(18-22)24-21/h9-10,20-22H,2-8,11-19H2,1H3/b10-9-/t20-,21+/m0/s1. The van der Waals surface area contributed by atoms with E-state index < -0.39 is 0 Å². The van der Waals surface area contributed by atoms with Crippen LogP contribution in [0.15, 0.2) is 12.2 Å². The maximum atomic E-state index is 8.98. The molecule has 0 aliphatic carbocycles. The van der Waals surface area contributed by atoms with Gasteiger partial charge in [-0.1, -0.05) is 70.4 Å². The molecule has 1 aliphatic rings. The minimum Gasteiger partial charge on any atom is -0.394 e. The molecule has 0 aromatic carbocycles. The zero-order valence-electron chi connectivity index (χ0n) is 15.9. The normalized spacial score (nSPS) is 21.1. The van der Waals surface area contributed by atoms with Crippen molar-refractivity contribution in [2.75, 3.05) is 13.2 Å². The van der Waals surface area contributed by atoms with E-state index in [-0.39, 0.29) is 19.0 Å². The van der Waals surface area contributed by atoms with Crippen molar-refractivity contribution >= 4 is 0 Å². The van der Waals surface area contributed by atoms with E-state index >= 15 is 0 Å². The van der Waals surface area contributed by atoms with Crippen LogP contribution < -0.4 is 0 Å². The first-order valence-electron chi connectivity index (χ1n) is 10.4. The second-order valence-corrected chi connectivity index (χ2v) is 7.08. The largest absolute Gasteiger partial charge is 0.394 e. The molecule has 0 aromatic heterocycles. The second-order valence-electron chi connectivity index (χ2n) is 7.08. The summed E-state index contributed by atoms with van der Waals surface area (Å²) in [5, 5.41) is 8.98. The van der Waals surface area contributed by atoms with Gasteiger partial charge in [0.25, 0.3) is 0 Å². The number of unbranched alkanes of at least 4 members (excludes halogenated alkanes) is 11. The Kier molecular flexibility index (Phi) is 14.5. The van der Waals surface area contributed by atoms with Gasteiger partial charge in [0.15, 0.2) is 6.29 Å². The molecule has 1 N–H and O–H groups in total. The molecule has 0 radical (unpaired) electrons. The lowest BCUT2D eigenvalue weighted by Gasteiger charge is -2.09. The van der Waals surface area contributed by atoms with Crippen LogP contribution in [0.5, 0.6) is 0 Å². The third-order valence-electron chi connectivity index (χ3n) is 4.72. The van der Waals surface area contributed by atoms with Crippen molar-refractivity contribution in [3.63, 3.8) is 0 Å². The van der Waals surface area contributed by atoms with Gasteiger partial charge in [-0.05, 0) is 38.5 Å². The molecule has 1 heterocycles. The summed E-state index contributed by atoms with van der Waals surface area (Å²) in [5.41, 5.74) is 0. The maximum absolute atomic E-state index is 8.98. The van der Waals surface area contributed by atoms with Gasteiger partial charge in [-0.2, -0.15) is 0 Å². The SMILES string of the molecule is CCCCCCCC/C=C\CCCCCCC[C@@H]1OC[C@H](CO)O1. The lowest BCUT2D eigenvalue weighted by molar-refractivity contribution is -0.0701. The highest BCUT2D eigenvalue weighted by Crippen LogP contribution is 2.18. The summed E-state index contributed by atoms with van der Waals surface area (Å²) < 4.78 is 11.0. The van der Waals surface area contributed by atoms with Gasteiger partial charge in [0.2, 0.25) is 0 Å². The van der Waals surface area contributed by atoms with Gasteiger partial charge in [0.05, 0.1) is 13.2 Å². The molecule has 0 spiro atoms. The molecule has 3 heteroatoms. The van der Waals surface area contributed by atoms with Gasteiger partial charge in [-0.3, -0.25) is 0 Å². The Hall–Kier alpha value is -0.380. The Bertz CT molecular complexity index is 291. The minimum absolute atomic E-state index is 0.0723. The summed E-state index contributed by atoms with van der Waals surface area (Å²) in [5.74, 6) is 0. The Balaban J connectivity index is 1.75. The molecular weight excluding hydrogens is 300 g/mol. The van der Waals surface area contributed by atoms with Crippen LogP contribution in [-0.4, -0.2) is 30.7 Å². The van der Waals surface area contributed by atoms with Gasteiger partial charge in [-0.25, -0.2) is 0 Å². The molecule has 2 atom stereocenters. The predicted molar refractivity (Wildman–Crippen MR) is 101 cm³/mol. The number of hydrogen-bond donors (Lipinski definition) is 1. The topological polar surface area (TPSA) is 38.7 Å². The van der Waals surface area contributed by atoms with Crippen LogP contribution in [-0.2, 0) is 9.47 Å². The van der Waals surface area contributed by atoms with Crippen molar-refractivity contribution in [3.05, 3.63) is 12.2 Å². The first-order valence-corrected chi connectivity index (χ1v) is 10.4. The zero-order valence-corrected chi connectivity index (χ0v) is 15.9. The monoisotopic (exact) mass is 340 g/mol. The van der Waals surface area contributed by atoms with Crippen LogP contribution in [0, 0.1) is 0 Å². The molecule has 3 nitrogen and oxygen atoms in total. The lowest BCUT2D eigenvalue weighted by Crippen LogP contribution is -2.16. The fourth-order valence-corrected chi connectivity index (χ4v) is 3.14. The van der Waals surface area contributed by atoms with Crippen LogP contribution in [0.1, 0.15) is 96.8 Å². The Morgan fingerprint density at radius 3 is 2.00 bits per heavy atom. The highest BCUT2D eigenvalue weighted by Gasteiger charge is 2.24. The van der Waals surface area contributed by atoms with Gasteiger partial charge in [0.1, 0.15) is 6.10 Å². The number of ether oxygens (including phenoxy) is 2. The van der Waals surface area contributed by atoms with E-state index in [0.29, 0.717) is 6.61 Å². The average Bonchev–Trinajstić information content (AvgIpc) is 3.06. The molecule has 142 valence electrons. The average molecular weight is 341 g/mol. The Labute approximate surface area is 149 Å². The Morgan fingerprint density at radius 1 is 0.833 bits per heavy atom. The number of hydrogen-bond acceptors (Lipinski definition) is 3. The first-order chi connectivity index (χ1) is 11.9. The first kappa shape index (κ1) is 21.7. The smallest absolute Gasteiger partial charge is 0.158 e. The second kappa shape index (κ2) is 16.1. The summed E-state index contributed by atoms with van der Waals surface area (Å²) in [6.07, 6.45) is 22.8. The van der Waals surface area contributed by atoms with Crippen LogP contribution in [0.25, 0.3) is 0 Å². The van der Waals surface area contributed by atoms with E-state index in [9.17, 15) is 0 Å². The van der Waals surface area contributed by atoms with Crippen LogP contribution in [0.2, 0.25) is 0 Å². The summed E-state index contributed by atoms with van der Waals surface area (Å²) in [7, 11) is 0. The van der Waals surface area contributed by atoms with Gasteiger partial charge in [0, 0.05) is 0 Å². The molecule has 0 unspecified atom stereocenters. The number of rotatable bonds is 16. The fraction of sp³-hybridized carbons (Fsp3) is 0.905. The third kappa shape index (κ3) is 12.0. The van der Waals surface area contributed by atoms with Crippen molar-refractivity contribution in [1.29, 1.82) is 0 Å². The molecule has 24 heavy (non-hydrogen) atoms. The van der Waals surface area contributed by atoms with Crippen molar-refractivity contribution in [3.8, 4) is 0 Å². The highest BCUT2D eigenvalue weighted by molar-refractivity contribution is 4.81. The maximum Gasteiger partial charge on any atom is 0.158 e. The minimum atomic E-state index is -0.0990. The van der Waals surface area contributed by atoms with Crippen LogP contribution in [0.3, 0.4) is 0 Å². The van der Waals surface area contributed by atoms with Crippen molar-refractivity contribution in [1.82, 2.24) is 0 Å². The summed E-state index contributed by atoms with van der Waals surface area (Å²) in [6, 6.07) is 0. The van der Waals surface area contributed by atoms with Gasteiger partial charge >= 0.3 is 0 Å². The van der Waals surface area contributed by atoms with E-state index in [4.69, 9.17) is 14.6 Å². The molecule has 1 aliphatic heterocycles. The molecular formula is C21H40O3. The van der Waals surface area contributed by atoms with E-state index in [1.54, 1.807) is 0 Å². The van der Waals surface area contributed by atoms with Crippen molar-refractivity contribution < 1.29 is 14.6 Å². The fourth-order valence-electron chi connectivity index (χ4n) is 3.14. The summed E-state index contributed by atoms with van der Waals surface area (Å²) in [6.45, 7) is 2.89. The van der Waals surface area contributed by atoms with Crippen molar-refractivity contribution in [2.24, 2.45) is 0 Å². The van der Waals surface area contributed by atoms with Gasteiger partial charge < -0.3 is 14.6 Å². The van der Waals surface area contributed by atoms with Crippen LogP contribution in [0.4, 0.5) is 0 Å². The quantitative estimate of drug-likeness (QED) is 0.287. The predicted octanol–water partition coefficient (Wildman–Crippen LogP) is 5.76. The number of aliphatic hydroxyl groups is 1. The number of allylic oxidation sites excluding steroid dienone is 2. The lowest BCUT2D eigenvalue weighted by atomic mass is 10.1. The highest BCUT2D eigenvalue weighted by atomic mass is 16.7. The zero-order chi connectivity index (χ0) is 17.3. The molecule has 0 saturated carbocycles. The molecule has 1 rings (SSSR count). The van der Waals surface area contributed by atoms with E-state index in [0.717, 1.165) is 12.8 Å². The molecule has 1 saturated heterocycles. The number of aliphatic hydroxyl groups excluding tert-OH is 1. The Morgan fingerprint density at radius 2 is 1.42 bits per heavy atom.